The Bertz CT molecular complexity index is 506. The van der Waals surface area contributed by atoms with E-state index < -0.39 is 0 Å². The molecule has 19 heavy (non-hydrogen) atoms. The molecule has 102 valence electrons. The molecule has 6 nitrogen and oxygen atoms in total. The highest BCUT2D eigenvalue weighted by atomic mass is 16.2. The summed E-state index contributed by atoms with van der Waals surface area (Å²) in [4.78, 5) is 20.8. The number of nitrogens with two attached hydrogens (primary N) is 1. The first-order valence-corrected chi connectivity index (χ1v) is 6.44. The molecule has 1 aromatic rings. The summed E-state index contributed by atoms with van der Waals surface area (Å²) in [5.74, 6) is 0.994. The molecule has 6 heteroatoms. The van der Waals surface area contributed by atoms with Gasteiger partial charge in [0.05, 0.1) is 5.92 Å². The number of carbonyl (C=O) groups is 1. The van der Waals surface area contributed by atoms with Crippen LogP contribution in [0.2, 0.25) is 0 Å². The van der Waals surface area contributed by atoms with Crippen LogP contribution >= 0.6 is 0 Å². The quantitative estimate of drug-likeness (QED) is 0.881. The standard InChI is InChI=1S/C13H19N5O/c1-8-7-12(16-10(3)15-8)18-13(19)11(5-4-6-14)9(2)17-18/h7,11H,4-6,14H2,1-3H3. The molecular formula is C13H19N5O. The fraction of sp³-hybridized carbons (Fsp3) is 0.538. The van der Waals surface area contributed by atoms with Crippen molar-refractivity contribution in [1.82, 2.24) is 9.97 Å². The van der Waals surface area contributed by atoms with Crippen LogP contribution in [-0.2, 0) is 4.79 Å². The molecule has 1 atom stereocenters. The second kappa shape index (κ2) is 5.44. The van der Waals surface area contributed by atoms with E-state index in [9.17, 15) is 4.79 Å². The maximum absolute atomic E-state index is 12.4. The summed E-state index contributed by atoms with van der Waals surface area (Å²) in [5.41, 5.74) is 7.15. The Hall–Kier alpha value is -1.82. The van der Waals surface area contributed by atoms with Gasteiger partial charge in [-0.1, -0.05) is 0 Å². The van der Waals surface area contributed by atoms with E-state index in [2.05, 4.69) is 15.1 Å². The lowest BCUT2D eigenvalue weighted by Crippen LogP contribution is -2.28. The van der Waals surface area contributed by atoms with E-state index in [0.29, 0.717) is 18.2 Å². The highest BCUT2D eigenvalue weighted by Gasteiger charge is 2.34. The summed E-state index contributed by atoms with van der Waals surface area (Å²) in [6.45, 7) is 6.14. The molecule has 1 aliphatic rings. The molecule has 1 aromatic heterocycles. The van der Waals surface area contributed by atoms with Gasteiger partial charge in [-0.15, -0.1) is 0 Å². The predicted molar refractivity (Wildman–Crippen MR) is 73.9 cm³/mol. The summed E-state index contributed by atoms with van der Waals surface area (Å²) in [7, 11) is 0. The number of amides is 1. The number of nitrogens with zero attached hydrogens (tertiary/aromatic N) is 4. The van der Waals surface area contributed by atoms with Gasteiger partial charge in [0, 0.05) is 17.5 Å². The van der Waals surface area contributed by atoms with Crippen LogP contribution in [0.4, 0.5) is 5.82 Å². The molecule has 0 saturated heterocycles. The number of carbonyl (C=O) groups excluding carboxylic acids is 1. The van der Waals surface area contributed by atoms with E-state index in [1.54, 1.807) is 13.0 Å². The summed E-state index contributed by atoms with van der Waals surface area (Å²) < 4.78 is 0. The summed E-state index contributed by atoms with van der Waals surface area (Å²) in [6.07, 6.45) is 1.56. The molecule has 2 rings (SSSR count). The van der Waals surface area contributed by atoms with E-state index in [1.165, 1.54) is 5.01 Å². The molecule has 2 N–H and O–H groups in total. The minimum absolute atomic E-state index is 0.0246. The topological polar surface area (TPSA) is 84.5 Å². The highest BCUT2D eigenvalue weighted by Crippen LogP contribution is 2.25. The number of hydrazone groups is 1. The van der Waals surface area contributed by atoms with Crippen molar-refractivity contribution < 1.29 is 4.79 Å². The van der Waals surface area contributed by atoms with Crippen LogP contribution < -0.4 is 10.7 Å². The first-order chi connectivity index (χ1) is 9.02. The third-order valence-corrected chi connectivity index (χ3v) is 3.14. The van der Waals surface area contributed by atoms with Crippen LogP contribution in [0.25, 0.3) is 0 Å². The zero-order chi connectivity index (χ0) is 14.0. The van der Waals surface area contributed by atoms with Gasteiger partial charge in [0.25, 0.3) is 5.91 Å². The Kier molecular flexibility index (Phi) is 3.90. The van der Waals surface area contributed by atoms with Crippen molar-refractivity contribution in [2.24, 2.45) is 16.8 Å². The molecule has 0 aromatic carbocycles. The van der Waals surface area contributed by atoms with Gasteiger partial charge < -0.3 is 5.73 Å². The zero-order valence-electron chi connectivity index (χ0n) is 11.6. The first-order valence-electron chi connectivity index (χ1n) is 6.44. The maximum Gasteiger partial charge on any atom is 0.257 e. The Morgan fingerprint density at radius 1 is 1.32 bits per heavy atom. The van der Waals surface area contributed by atoms with Gasteiger partial charge >= 0.3 is 0 Å². The third kappa shape index (κ3) is 2.78. The van der Waals surface area contributed by atoms with Gasteiger partial charge in [-0.3, -0.25) is 4.79 Å². The van der Waals surface area contributed by atoms with Crippen LogP contribution in [-0.4, -0.2) is 28.1 Å². The lowest BCUT2D eigenvalue weighted by molar-refractivity contribution is -0.119. The normalized spacial score (nSPS) is 18.9. The van der Waals surface area contributed by atoms with Gasteiger partial charge in [-0.2, -0.15) is 10.1 Å². The van der Waals surface area contributed by atoms with Crippen molar-refractivity contribution in [2.75, 3.05) is 11.6 Å². The average Bonchev–Trinajstić information content (AvgIpc) is 2.61. The Morgan fingerprint density at radius 3 is 2.68 bits per heavy atom. The van der Waals surface area contributed by atoms with Crippen LogP contribution in [0.3, 0.4) is 0 Å². The van der Waals surface area contributed by atoms with Gasteiger partial charge in [0.1, 0.15) is 5.82 Å². The number of anilines is 1. The Labute approximate surface area is 112 Å². The highest BCUT2D eigenvalue weighted by molar-refractivity contribution is 6.14. The molecule has 0 spiro atoms. The lowest BCUT2D eigenvalue weighted by Gasteiger charge is -2.14. The van der Waals surface area contributed by atoms with Crippen molar-refractivity contribution in [2.45, 2.75) is 33.6 Å². The molecule has 0 saturated carbocycles. The predicted octanol–water partition coefficient (Wildman–Crippen LogP) is 1.17. The molecule has 0 aliphatic carbocycles. The van der Waals surface area contributed by atoms with E-state index >= 15 is 0 Å². The first kappa shape index (κ1) is 13.6. The minimum Gasteiger partial charge on any atom is -0.330 e. The van der Waals surface area contributed by atoms with Crippen molar-refractivity contribution in [3.8, 4) is 0 Å². The number of hydrogen-bond acceptors (Lipinski definition) is 5. The molecule has 0 fully saturated rings. The van der Waals surface area contributed by atoms with Crippen LogP contribution in [0, 0.1) is 19.8 Å². The second-order valence-electron chi connectivity index (χ2n) is 4.79. The number of rotatable bonds is 4. The third-order valence-electron chi connectivity index (χ3n) is 3.14. The summed E-state index contributed by atoms with van der Waals surface area (Å²) >= 11 is 0. The van der Waals surface area contributed by atoms with Crippen molar-refractivity contribution in [3.05, 3.63) is 17.6 Å². The maximum atomic E-state index is 12.4. The molecule has 1 aliphatic heterocycles. The van der Waals surface area contributed by atoms with E-state index in [0.717, 1.165) is 24.2 Å². The molecule has 1 amide bonds. The van der Waals surface area contributed by atoms with Gasteiger partial charge in [0.2, 0.25) is 0 Å². The number of hydrogen-bond donors (Lipinski definition) is 1. The van der Waals surface area contributed by atoms with E-state index in [1.807, 2.05) is 13.8 Å². The molecule has 0 radical (unpaired) electrons. The van der Waals surface area contributed by atoms with Crippen LogP contribution in [0.15, 0.2) is 11.2 Å². The monoisotopic (exact) mass is 261 g/mol. The lowest BCUT2D eigenvalue weighted by atomic mass is 9.98. The largest absolute Gasteiger partial charge is 0.330 e. The molecule has 0 bridgehead atoms. The molecule has 1 unspecified atom stereocenters. The van der Waals surface area contributed by atoms with Crippen LogP contribution in [0.1, 0.15) is 31.3 Å². The molecular weight excluding hydrogens is 242 g/mol. The second-order valence-corrected chi connectivity index (χ2v) is 4.79. The van der Waals surface area contributed by atoms with E-state index in [-0.39, 0.29) is 11.8 Å². The fourth-order valence-electron chi connectivity index (χ4n) is 2.23. The average molecular weight is 261 g/mol. The van der Waals surface area contributed by atoms with Crippen molar-refractivity contribution in [3.63, 3.8) is 0 Å². The minimum atomic E-state index is -0.167. The van der Waals surface area contributed by atoms with Crippen molar-refractivity contribution >= 4 is 17.4 Å². The number of aryl methyl sites for hydroxylation is 2. The van der Waals surface area contributed by atoms with Crippen molar-refractivity contribution in [1.29, 1.82) is 0 Å². The SMILES string of the molecule is CC1=NN(c2cc(C)nc(C)n2)C(=O)C1CCCN. The Morgan fingerprint density at radius 2 is 2.05 bits per heavy atom. The van der Waals surface area contributed by atoms with Gasteiger partial charge in [-0.25, -0.2) is 9.97 Å². The Balaban J connectivity index is 2.25. The number of aromatic nitrogens is 2. The van der Waals surface area contributed by atoms with Crippen LogP contribution in [0.5, 0.6) is 0 Å². The smallest absolute Gasteiger partial charge is 0.257 e. The van der Waals surface area contributed by atoms with Gasteiger partial charge in [-0.05, 0) is 40.2 Å². The summed E-state index contributed by atoms with van der Waals surface area (Å²) in [5, 5.41) is 5.71. The summed E-state index contributed by atoms with van der Waals surface area (Å²) in [6, 6.07) is 1.77. The molecule has 2 heterocycles. The zero-order valence-corrected chi connectivity index (χ0v) is 11.6. The fourth-order valence-corrected chi connectivity index (χ4v) is 2.23. The van der Waals surface area contributed by atoms with Gasteiger partial charge in [0.15, 0.2) is 5.82 Å². The van der Waals surface area contributed by atoms with E-state index in [4.69, 9.17) is 5.73 Å².